The molecule has 7 heteroatoms. The SMILES string of the molecule is O=C(O)C1=NN=C2CC(OC(F)F)=CC=C21. The van der Waals surface area contributed by atoms with E-state index in [0.717, 1.165) is 0 Å². The number of ether oxygens (including phenoxy) is 1. The molecule has 1 heterocycles. The third-order valence-electron chi connectivity index (χ3n) is 2.06. The van der Waals surface area contributed by atoms with Gasteiger partial charge in [-0.3, -0.25) is 0 Å². The van der Waals surface area contributed by atoms with Gasteiger partial charge >= 0.3 is 12.6 Å². The second-order valence-corrected chi connectivity index (χ2v) is 3.07. The highest BCUT2D eigenvalue weighted by Crippen LogP contribution is 2.24. The summed E-state index contributed by atoms with van der Waals surface area (Å²) in [5, 5.41) is 15.8. The van der Waals surface area contributed by atoms with E-state index in [1.807, 2.05) is 0 Å². The Kier molecular flexibility index (Phi) is 2.51. The molecule has 1 N–H and O–H groups in total. The molecule has 0 aromatic rings. The Morgan fingerprint density at radius 3 is 2.81 bits per heavy atom. The van der Waals surface area contributed by atoms with E-state index in [1.54, 1.807) is 0 Å². The van der Waals surface area contributed by atoms with Crippen LogP contribution in [0.3, 0.4) is 0 Å². The van der Waals surface area contributed by atoms with Gasteiger partial charge in [-0.05, 0) is 12.2 Å². The van der Waals surface area contributed by atoms with Gasteiger partial charge in [-0.25, -0.2) is 4.79 Å². The van der Waals surface area contributed by atoms with E-state index in [0.29, 0.717) is 11.3 Å². The number of fused-ring (bicyclic) bond motifs is 1. The molecule has 0 fully saturated rings. The van der Waals surface area contributed by atoms with Crippen LogP contribution in [0.5, 0.6) is 0 Å². The molecule has 16 heavy (non-hydrogen) atoms. The summed E-state index contributed by atoms with van der Waals surface area (Å²) in [6, 6.07) is 0. The van der Waals surface area contributed by atoms with Gasteiger partial charge < -0.3 is 9.84 Å². The Balaban J connectivity index is 2.20. The molecule has 84 valence electrons. The van der Waals surface area contributed by atoms with Crippen LogP contribution in [0.25, 0.3) is 0 Å². The smallest absolute Gasteiger partial charge is 0.387 e. The number of halogens is 2. The molecular formula is C9H6F2N2O3. The lowest BCUT2D eigenvalue weighted by atomic mass is 9.98. The number of carbonyl (C=O) groups is 1. The number of aliphatic carboxylic acids is 1. The molecular weight excluding hydrogens is 222 g/mol. The lowest BCUT2D eigenvalue weighted by molar-refractivity contribution is -0.129. The first-order valence-electron chi connectivity index (χ1n) is 4.32. The van der Waals surface area contributed by atoms with Crippen molar-refractivity contribution in [2.24, 2.45) is 10.2 Å². The third kappa shape index (κ3) is 1.83. The highest BCUT2D eigenvalue weighted by Gasteiger charge is 2.28. The van der Waals surface area contributed by atoms with Crippen LogP contribution < -0.4 is 0 Å². The summed E-state index contributed by atoms with van der Waals surface area (Å²) in [7, 11) is 0. The molecule has 5 nitrogen and oxygen atoms in total. The Morgan fingerprint density at radius 2 is 2.19 bits per heavy atom. The first-order valence-corrected chi connectivity index (χ1v) is 4.32. The molecule has 0 radical (unpaired) electrons. The number of carboxylic acids is 1. The molecule has 0 aromatic carbocycles. The first-order chi connectivity index (χ1) is 7.58. The van der Waals surface area contributed by atoms with Crippen LogP contribution in [0.1, 0.15) is 6.42 Å². The zero-order valence-corrected chi connectivity index (χ0v) is 7.85. The van der Waals surface area contributed by atoms with E-state index < -0.39 is 12.6 Å². The van der Waals surface area contributed by atoms with Gasteiger partial charge in [0.1, 0.15) is 5.76 Å². The van der Waals surface area contributed by atoms with Gasteiger partial charge in [0.15, 0.2) is 5.71 Å². The molecule has 2 aliphatic rings. The van der Waals surface area contributed by atoms with E-state index in [-0.39, 0.29) is 17.9 Å². The molecule has 0 amide bonds. The zero-order chi connectivity index (χ0) is 11.7. The van der Waals surface area contributed by atoms with Crippen molar-refractivity contribution >= 4 is 17.4 Å². The molecule has 1 aliphatic heterocycles. The minimum absolute atomic E-state index is 0.0243. The summed E-state index contributed by atoms with van der Waals surface area (Å²) in [5.74, 6) is -1.16. The normalized spacial score (nSPS) is 18.4. The van der Waals surface area contributed by atoms with Crippen molar-refractivity contribution in [1.82, 2.24) is 0 Å². The predicted molar refractivity (Wildman–Crippen MR) is 50.4 cm³/mol. The molecule has 0 bridgehead atoms. The summed E-state index contributed by atoms with van der Waals surface area (Å²) in [5.41, 5.74) is 0.493. The van der Waals surface area contributed by atoms with Crippen molar-refractivity contribution in [3.05, 3.63) is 23.5 Å². The van der Waals surface area contributed by atoms with Gasteiger partial charge in [0.2, 0.25) is 0 Å². The van der Waals surface area contributed by atoms with Crippen molar-refractivity contribution < 1.29 is 23.4 Å². The summed E-state index contributed by atoms with van der Waals surface area (Å²) in [4.78, 5) is 10.7. The minimum Gasteiger partial charge on any atom is -0.476 e. The highest BCUT2D eigenvalue weighted by molar-refractivity contribution is 6.51. The maximum Gasteiger partial charge on any atom is 0.387 e. The molecule has 0 atom stereocenters. The van der Waals surface area contributed by atoms with Gasteiger partial charge in [-0.2, -0.15) is 13.9 Å². The lowest BCUT2D eigenvalue weighted by Gasteiger charge is -2.13. The number of alkyl halides is 2. The van der Waals surface area contributed by atoms with Crippen LogP contribution in [0.4, 0.5) is 8.78 Å². The average molecular weight is 228 g/mol. The number of rotatable bonds is 3. The molecule has 2 rings (SSSR count). The monoisotopic (exact) mass is 228 g/mol. The van der Waals surface area contributed by atoms with Crippen LogP contribution in [0, 0.1) is 0 Å². The van der Waals surface area contributed by atoms with Crippen LogP contribution in [0.15, 0.2) is 33.7 Å². The Hall–Kier alpha value is -2.05. The zero-order valence-electron chi connectivity index (χ0n) is 7.85. The summed E-state index contributed by atoms with van der Waals surface area (Å²) in [6.07, 6.45) is 2.68. The topological polar surface area (TPSA) is 71.2 Å². The minimum atomic E-state index is -2.90. The van der Waals surface area contributed by atoms with E-state index in [1.165, 1.54) is 12.2 Å². The maximum absolute atomic E-state index is 11.9. The van der Waals surface area contributed by atoms with Crippen LogP contribution in [0.2, 0.25) is 0 Å². The number of carboxylic acid groups (broad SMARTS) is 1. The van der Waals surface area contributed by atoms with E-state index in [2.05, 4.69) is 14.9 Å². The van der Waals surface area contributed by atoms with E-state index >= 15 is 0 Å². The van der Waals surface area contributed by atoms with Crippen LogP contribution >= 0.6 is 0 Å². The Labute approximate surface area is 88.4 Å². The van der Waals surface area contributed by atoms with Gasteiger partial charge in [-0.15, -0.1) is 5.10 Å². The standard InChI is InChI=1S/C9H6F2N2O3/c10-9(11)16-4-1-2-5-6(3-4)12-13-7(5)8(14)15/h1-2,9H,3H2,(H,14,15). The fourth-order valence-electron chi connectivity index (χ4n) is 1.41. The quantitative estimate of drug-likeness (QED) is 0.792. The Morgan fingerprint density at radius 1 is 1.44 bits per heavy atom. The number of hydrogen-bond acceptors (Lipinski definition) is 4. The lowest BCUT2D eigenvalue weighted by Crippen LogP contribution is -2.20. The maximum atomic E-state index is 11.9. The fourth-order valence-corrected chi connectivity index (χ4v) is 1.41. The van der Waals surface area contributed by atoms with Gasteiger partial charge in [0.05, 0.1) is 12.1 Å². The fraction of sp³-hybridized carbons (Fsp3) is 0.222. The largest absolute Gasteiger partial charge is 0.476 e. The van der Waals surface area contributed by atoms with E-state index in [4.69, 9.17) is 5.11 Å². The van der Waals surface area contributed by atoms with Crippen LogP contribution in [-0.4, -0.2) is 29.1 Å². The van der Waals surface area contributed by atoms with Crippen molar-refractivity contribution in [2.45, 2.75) is 13.0 Å². The van der Waals surface area contributed by atoms with Gasteiger partial charge in [0, 0.05) is 5.57 Å². The molecule has 0 spiro atoms. The highest BCUT2D eigenvalue weighted by atomic mass is 19.3. The number of allylic oxidation sites excluding steroid dienone is 3. The van der Waals surface area contributed by atoms with Gasteiger partial charge in [0.25, 0.3) is 0 Å². The Bertz CT molecular complexity index is 463. The number of hydrogen-bond donors (Lipinski definition) is 1. The van der Waals surface area contributed by atoms with E-state index in [9.17, 15) is 13.6 Å². The second kappa shape index (κ2) is 3.84. The third-order valence-corrected chi connectivity index (χ3v) is 2.06. The predicted octanol–water partition coefficient (Wildman–Crippen LogP) is 1.33. The summed E-state index contributed by atoms with van der Waals surface area (Å²) in [6.45, 7) is -2.90. The summed E-state index contributed by atoms with van der Waals surface area (Å²) < 4.78 is 28.0. The molecule has 0 saturated heterocycles. The molecule has 0 aromatic heterocycles. The molecule has 0 saturated carbocycles. The van der Waals surface area contributed by atoms with Crippen molar-refractivity contribution in [3.8, 4) is 0 Å². The number of nitrogens with zero attached hydrogens (tertiary/aromatic N) is 2. The first kappa shape index (κ1) is 10.5. The molecule has 1 aliphatic carbocycles. The van der Waals surface area contributed by atoms with Crippen molar-refractivity contribution in [3.63, 3.8) is 0 Å². The molecule has 0 unspecified atom stereocenters. The van der Waals surface area contributed by atoms with Gasteiger partial charge in [-0.1, -0.05) is 0 Å². The second-order valence-electron chi connectivity index (χ2n) is 3.07. The van der Waals surface area contributed by atoms with Crippen molar-refractivity contribution in [1.29, 1.82) is 0 Å². The van der Waals surface area contributed by atoms with Crippen LogP contribution in [-0.2, 0) is 9.53 Å². The average Bonchev–Trinajstić information content (AvgIpc) is 2.59. The van der Waals surface area contributed by atoms with Crippen molar-refractivity contribution in [2.75, 3.05) is 0 Å². The summed E-state index contributed by atoms with van der Waals surface area (Å²) >= 11 is 0.